The van der Waals surface area contributed by atoms with Gasteiger partial charge in [0.1, 0.15) is 12.3 Å². The molecular weight excluding hydrogens is 306 g/mol. The largest absolute Gasteiger partial charge is 0.494 e. The fourth-order valence-corrected chi connectivity index (χ4v) is 2.65. The van der Waals surface area contributed by atoms with Gasteiger partial charge in [0.05, 0.1) is 18.6 Å². The summed E-state index contributed by atoms with van der Waals surface area (Å²) >= 11 is 0.803. The Morgan fingerprint density at radius 1 is 1.27 bits per heavy atom. The summed E-state index contributed by atoms with van der Waals surface area (Å²) in [5, 5.41) is -0.479. The Kier molecular flexibility index (Phi) is 5.21. The van der Waals surface area contributed by atoms with Crippen LogP contribution in [0.4, 0.5) is 4.79 Å². The van der Waals surface area contributed by atoms with E-state index in [2.05, 4.69) is 4.74 Å². The van der Waals surface area contributed by atoms with Crippen molar-refractivity contribution in [1.29, 1.82) is 0 Å². The third kappa shape index (κ3) is 3.67. The molecule has 2 rings (SSSR count). The van der Waals surface area contributed by atoms with Crippen LogP contribution in [-0.2, 0) is 14.3 Å². The number of benzene rings is 1. The lowest BCUT2D eigenvalue weighted by molar-refractivity contribution is -0.143. The highest BCUT2D eigenvalue weighted by Gasteiger charge is 2.36. The van der Waals surface area contributed by atoms with Crippen LogP contribution in [0.25, 0.3) is 6.08 Å². The van der Waals surface area contributed by atoms with E-state index in [0.29, 0.717) is 6.61 Å². The number of rotatable bonds is 5. The molecule has 116 valence electrons. The first-order valence-corrected chi connectivity index (χ1v) is 7.42. The van der Waals surface area contributed by atoms with Crippen LogP contribution in [-0.4, -0.2) is 42.3 Å². The van der Waals surface area contributed by atoms with Crippen molar-refractivity contribution in [3.8, 4) is 5.75 Å². The molecule has 1 aromatic rings. The second kappa shape index (κ2) is 7.13. The second-order valence-corrected chi connectivity index (χ2v) is 5.34. The minimum atomic E-state index is -0.635. The van der Waals surface area contributed by atoms with Crippen molar-refractivity contribution in [3.05, 3.63) is 34.7 Å². The summed E-state index contributed by atoms with van der Waals surface area (Å²) in [6.07, 6.45) is 1.61. The molecule has 0 saturated carbocycles. The van der Waals surface area contributed by atoms with Gasteiger partial charge in [0.2, 0.25) is 0 Å². The summed E-state index contributed by atoms with van der Waals surface area (Å²) in [5.41, 5.74) is 0.770. The highest BCUT2D eigenvalue weighted by molar-refractivity contribution is 8.18. The Labute approximate surface area is 132 Å². The van der Waals surface area contributed by atoms with Crippen LogP contribution in [0.5, 0.6) is 5.75 Å². The molecule has 0 aromatic heterocycles. The van der Waals surface area contributed by atoms with Crippen molar-refractivity contribution in [2.75, 3.05) is 20.3 Å². The molecule has 22 heavy (non-hydrogen) atoms. The van der Waals surface area contributed by atoms with Crippen LogP contribution in [0.3, 0.4) is 0 Å². The maximum absolute atomic E-state index is 12.1. The standard InChI is InChI=1S/C15H15NO5S/c1-3-21-11-6-4-10(5-7-11)8-12-14(18)16(15(19)22-12)9-13(17)20-2/h4-8H,3,9H2,1-2H3. The Balaban J connectivity index is 2.13. The lowest BCUT2D eigenvalue weighted by atomic mass is 10.2. The number of esters is 1. The molecule has 0 N–H and O–H groups in total. The molecule has 1 fully saturated rings. The Morgan fingerprint density at radius 3 is 2.55 bits per heavy atom. The zero-order valence-corrected chi connectivity index (χ0v) is 13.0. The van der Waals surface area contributed by atoms with Crippen molar-refractivity contribution < 1.29 is 23.9 Å². The predicted octanol–water partition coefficient (Wildman–Crippen LogP) is 2.29. The van der Waals surface area contributed by atoms with Crippen molar-refractivity contribution in [2.24, 2.45) is 0 Å². The van der Waals surface area contributed by atoms with Gasteiger partial charge < -0.3 is 9.47 Å². The molecular formula is C15H15NO5S. The first-order valence-electron chi connectivity index (χ1n) is 6.60. The SMILES string of the molecule is CCOc1ccc(C=C2SC(=O)N(CC(=O)OC)C2=O)cc1. The lowest BCUT2D eigenvalue weighted by Gasteiger charge is -2.09. The van der Waals surface area contributed by atoms with Crippen LogP contribution in [0.15, 0.2) is 29.2 Å². The number of hydrogen-bond acceptors (Lipinski definition) is 6. The van der Waals surface area contributed by atoms with Gasteiger partial charge in [-0.1, -0.05) is 12.1 Å². The van der Waals surface area contributed by atoms with Gasteiger partial charge in [-0.05, 0) is 42.5 Å². The van der Waals surface area contributed by atoms with Crippen LogP contribution < -0.4 is 4.74 Å². The van der Waals surface area contributed by atoms with Crippen molar-refractivity contribution in [3.63, 3.8) is 0 Å². The van der Waals surface area contributed by atoms with E-state index >= 15 is 0 Å². The monoisotopic (exact) mass is 321 g/mol. The number of carbonyl (C=O) groups is 3. The van der Waals surface area contributed by atoms with E-state index < -0.39 is 17.1 Å². The highest BCUT2D eigenvalue weighted by Crippen LogP contribution is 2.32. The third-order valence-corrected chi connectivity index (χ3v) is 3.78. The highest BCUT2D eigenvalue weighted by atomic mass is 32.2. The van der Waals surface area contributed by atoms with E-state index in [4.69, 9.17) is 4.74 Å². The molecule has 0 radical (unpaired) electrons. The molecule has 2 amide bonds. The van der Waals surface area contributed by atoms with E-state index in [9.17, 15) is 14.4 Å². The van der Waals surface area contributed by atoms with Gasteiger partial charge in [-0.25, -0.2) is 0 Å². The number of ether oxygens (including phenoxy) is 2. The van der Waals surface area contributed by atoms with Gasteiger partial charge in [-0.3, -0.25) is 19.3 Å². The number of imide groups is 1. The Morgan fingerprint density at radius 2 is 1.95 bits per heavy atom. The summed E-state index contributed by atoms with van der Waals surface area (Å²) in [5.74, 6) is -0.391. The first-order chi connectivity index (χ1) is 10.5. The van der Waals surface area contributed by atoms with E-state index in [1.54, 1.807) is 30.3 Å². The third-order valence-electron chi connectivity index (χ3n) is 2.88. The number of hydrogen-bond donors (Lipinski definition) is 0. The van der Waals surface area contributed by atoms with E-state index in [-0.39, 0.29) is 11.4 Å². The van der Waals surface area contributed by atoms with Crippen LogP contribution in [0.1, 0.15) is 12.5 Å². The maximum Gasteiger partial charge on any atom is 0.325 e. The first kappa shape index (κ1) is 16.1. The summed E-state index contributed by atoms with van der Waals surface area (Å²) in [7, 11) is 1.21. The van der Waals surface area contributed by atoms with E-state index in [1.807, 2.05) is 6.92 Å². The van der Waals surface area contributed by atoms with E-state index in [1.165, 1.54) is 7.11 Å². The van der Waals surface area contributed by atoms with Crippen molar-refractivity contribution >= 4 is 35.0 Å². The van der Waals surface area contributed by atoms with E-state index in [0.717, 1.165) is 28.0 Å². The minimum absolute atomic E-state index is 0.276. The topological polar surface area (TPSA) is 72.9 Å². The molecule has 0 bridgehead atoms. The molecule has 7 heteroatoms. The molecule has 1 aliphatic heterocycles. The summed E-state index contributed by atoms with van der Waals surface area (Å²) < 4.78 is 9.81. The number of nitrogens with zero attached hydrogens (tertiary/aromatic N) is 1. The predicted molar refractivity (Wildman–Crippen MR) is 82.3 cm³/mol. The summed E-state index contributed by atoms with van der Waals surface area (Å²) in [4.78, 5) is 36.3. The number of methoxy groups -OCH3 is 1. The van der Waals surface area contributed by atoms with Gasteiger partial charge in [0.25, 0.3) is 11.1 Å². The van der Waals surface area contributed by atoms with Crippen LogP contribution in [0.2, 0.25) is 0 Å². The molecule has 0 unspecified atom stereocenters. The molecule has 1 saturated heterocycles. The summed E-state index contributed by atoms with van der Waals surface area (Å²) in [6.45, 7) is 2.10. The minimum Gasteiger partial charge on any atom is -0.494 e. The Bertz CT molecular complexity index is 623. The zero-order chi connectivity index (χ0) is 16.1. The second-order valence-electron chi connectivity index (χ2n) is 4.35. The molecule has 1 heterocycles. The molecule has 6 nitrogen and oxygen atoms in total. The number of carbonyl (C=O) groups excluding carboxylic acids is 3. The zero-order valence-electron chi connectivity index (χ0n) is 12.2. The van der Waals surface area contributed by atoms with Crippen molar-refractivity contribution in [2.45, 2.75) is 6.92 Å². The fourth-order valence-electron chi connectivity index (χ4n) is 1.81. The molecule has 0 aliphatic carbocycles. The van der Waals surface area contributed by atoms with Gasteiger partial charge in [0.15, 0.2) is 0 Å². The molecule has 1 aliphatic rings. The average molecular weight is 321 g/mol. The van der Waals surface area contributed by atoms with Gasteiger partial charge in [0, 0.05) is 0 Å². The smallest absolute Gasteiger partial charge is 0.325 e. The molecule has 0 spiro atoms. The van der Waals surface area contributed by atoms with Gasteiger partial charge in [-0.2, -0.15) is 0 Å². The van der Waals surface area contributed by atoms with Crippen LogP contribution in [0, 0.1) is 0 Å². The number of thioether (sulfide) groups is 1. The van der Waals surface area contributed by atoms with Gasteiger partial charge >= 0.3 is 5.97 Å². The lowest BCUT2D eigenvalue weighted by Crippen LogP contribution is -2.34. The Hall–Kier alpha value is -2.28. The average Bonchev–Trinajstić information content (AvgIpc) is 2.77. The molecule has 0 atom stereocenters. The summed E-state index contributed by atoms with van der Waals surface area (Å²) in [6, 6.07) is 7.15. The quantitative estimate of drug-likeness (QED) is 0.612. The van der Waals surface area contributed by atoms with Crippen LogP contribution >= 0.6 is 11.8 Å². The number of amides is 2. The van der Waals surface area contributed by atoms with Gasteiger partial charge in [-0.15, -0.1) is 0 Å². The fraction of sp³-hybridized carbons (Fsp3) is 0.267. The normalized spacial score (nSPS) is 16.3. The van der Waals surface area contributed by atoms with Crippen molar-refractivity contribution in [1.82, 2.24) is 4.90 Å². The maximum atomic E-state index is 12.1. The molecule has 1 aromatic carbocycles.